The van der Waals surface area contributed by atoms with Crippen LogP contribution in [0.1, 0.15) is 34.0 Å². The number of rotatable bonds is 8. The average molecular weight is 510 g/mol. The van der Waals surface area contributed by atoms with E-state index in [2.05, 4.69) is 40.0 Å². The summed E-state index contributed by atoms with van der Waals surface area (Å²) in [6.07, 6.45) is 0.843. The smallest absolute Gasteiger partial charge is 0.251 e. The van der Waals surface area contributed by atoms with Gasteiger partial charge in [0.1, 0.15) is 5.75 Å². The van der Waals surface area contributed by atoms with Gasteiger partial charge in [-0.1, -0.05) is 29.8 Å². The van der Waals surface area contributed by atoms with Crippen LogP contribution in [0.4, 0.5) is 0 Å². The van der Waals surface area contributed by atoms with Crippen molar-refractivity contribution in [3.8, 4) is 5.75 Å². The number of aryl methyl sites for hydroxylation is 1. The van der Waals surface area contributed by atoms with Crippen LogP contribution in [-0.2, 0) is 13.0 Å². The fourth-order valence-corrected chi connectivity index (χ4v) is 2.84. The maximum Gasteiger partial charge on any atom is 0.251 e. The lowest BCUT2D eigenvalue weighted by molar-refractivity contribution is 0.0963. The number of hydrogen-bond acceptors (Lipinski definition) is 3. The molecule has 0 saturated carbocycles. The lowest BCUT2D eigenvalue weighted by Gasteiger charge is -2.13. The molecular weight excluding hydrogens is 479 g/mol. The second kappa shape index (κ2) is 13.0. The Kier molecular flexibility index (Phi) is 11.1. The molecule has 3 N–H and O–H groups in total. The normalized spacial score (nSPS) is 10.7. The van der Waals surface area contributed by atoms with Crippen LogP contribution in [0, 0.1) is 6.92 Å². The number of carbonyl (C=O) groups excluding carboxylic acids is 1. The summed E-state index contributed by atoms with van der Waals surface area (Å²) in [6, 6.07) is 13.7. The highest BCUT2D eigenvalue weighted by Gasteiger charge is 2.05. The van der Waals surface area contributed by atoms with E-state index in [0.29, 0.717) is 12.1 Å². The van der Waals surface area contributed by atoms with Gasteiger partial charge in [-0.3, -0.25) is 4.79 Å². The zero-order chi connectivity index (χ0) is 20.4. The van der Waals surface area contributed by atoms with E-state index in [1.807, 2.05) is 37.3 Å². The van der Waals surface area contributed by atoms with E-state index < -0.39 is 0 Å². The Morgan fingerprint density at radius 3 is 2.45 bits per heavy atom. The predicted octanol–water partition coefficient (Wildman–Crippen LogP) is 3.28. The zero-order valence-corrected chi connectivity index (χ0v) is 19.9. The van der Waals surface area contributed by atoms with Gasteiger partial charge < -0.3 is 20.7 Å². The highest BCUT2D eigenvalue weighted by Crippen LogP contribution is 2.19. The molecule has 6 nitrogen and oxygen atoms in total. The SMILES string of the molecule is CCNC(=NCc1ccc(C(=O)NC)cc1)NCCc1cc(C)ccc1OC.I. The lowest BCUT2D eigenvalue weighted by Crippen LogP contribution is -2.38. The number of hydrogen-bond donors (Lipinski definition) is 3. The largest absolute Gasteiger partial charge is 0.496 e. The number of carbonyl (C=O) groups is 1. The van der Waals surface area contributed by atoms with Gasteiger partial charge in [-0.05, 0) is 49.6 Å². The van der Waals surface area contributed by atoms with Crippen molar-refractivity contribution in [2.45, 2.75) is 26.8 Å². The van der Waals surface area contributed by atoms with Crippen molar-refractivity contribution in [1.29, 1.82) is 0 Å². The first-order valence-electron chi connectivity index (χ1n) is 9.54. The van der Waals surface area contributed by atoms with Gasteiger partial charge in [-0.25, -0.2) is 4.99 Å². The summed E-state index contributed by atoms with van der Waals surface area (Å²) in [6.45, 7) is 6.20. The standard InChI is InChI=1S/C22H30N4O2.HI/c1-5-24-22(25-13-12-19-14-16(2)6-11-20(19)28-4)26-15-17-7-9-18(10-8-17)21(27)23-3;/h6-11,14H,5,12-13,15H2,1-4H3,(H,23,27)(H2,24,25,26);1H. The van der Waals surface area contributed by atoms with Crippen molar-refractivity contribution < 1.29 is 9.53 Å². The van der Waals surface area contributed by atoms with E-state index in [1.54, 1.807) is 14.2 Å². The highest BCUT2D eigenvalue weighted by atomic mass is 127. The molecule has 2 aromatic rings. The van der Waals surface area contributed by atoms with Crippen molar-refractivity contribution in [2.75, 3.05) is 27.2 Å². The Bertz CT molecular complexity index is 807. The van der Waals surface area contributed by atoms with Crippen LogP contribution in [0.2, 0.25) is 0 Å². The summed E-state index contributed by atoms with van der Waals surface area (Å²) in [5, 5.41) is 9.25. The van der Waals surface area contributed by atoms with E-state index in [-0.39, 0.29) is 29.9 Å². The quantitative estimate of drug-likeness (QED) is 0.290. The van der Waals surface area contributed by atoms with Crippen molar-refractivity contribution in [2.24, 2.45) is 4.99 Å². The van der Waals surface area contributed by atoms with Crippen LogP contribution in [0.5, 0.6) is 5.75 Å². The monoisotopic (exact) mass is 510 g/mol. The van der Waals surface area contributed by atoms with Gasteiger partial charge in [0.05, 0.1) is 13.7 Å². The average Bonchev–Trinajstić information content (AvgIpc) is 2.72. The van der Waals surface area contributed by atoms with Gasteiger partial charge in [-0.15, -0.1) is 24.0 Å². The molecule has 7 heteroatoms. The number of halogens is 1. The minimum Gasteiger partial charge on any atom is -0.496 e. The fourth-order valence-electron chi connectivity index (χ4n) is 2.84. The Hall–Kier alpha value is -2.29. The third-order valence-corrected chi connectivity index (χ3v) is 4.33. The number of nitrogens with one attached hydrogen (secondary N) is 3. The molecule has 0 saturated heterocycles. The van der Waals surface area contributed by atoms with Gasteiger partial charge in [-0.2, -0.15) is 0 Å². The van der Waals surface area contributed by atoms with Gasteiger partial charge >= 0.3 is 0 Å². The summed E-state index contributed by atoms with van der Waals surface area (Å²) in [7, 11) is 3.32. The summed E-state index contributed by atoms with van der Waals surface area (Å²) in [4.78, 5) is 16.2. The molecule has 0 aliphatic rings. The molecule has 2 aromatic carbocycles. The molecule has 1 amide bonds. The first-order valence-corrected chi connectivity index (χ1v) is 9.54. The number of methoxy groups -OCH3 is 1. The molecule has 0 radical (unpaired) electrons. The Labute approximate surface area is 190 Å². The van der Waals surface area contributed by atoms with Gasteiger partial charge in [0, 0.05) is 25.7 Å². The minimum atomic E-state index is -0.0865. The topological polar surface area (TPSA) is 74.8 Å². The lowest BCUT2D eigenvalue weighted by atomic mass is 10.1. The third-order valence-electron chi connectivity index (χ3n) is 4.33. The maximum atomic E-state index is 11.6. The van der Waals surface area contributed by atoms with Crippen LogP contribution in [0.15, 0.2) is 47.5 Å². The molecule has 0 aliphatic heterocycles. The Morgan fingerprint density at radius 2 is 1.83 bits per heavy atom. The number of ether oxygens (including phenoxy) is 1. The number of guanidine groups is 1. The van der Waals surface area contributed by atoms with Crippen LogP contribution >= 0.6 is 24.0 Å². The van der Waals surface area contributed by atoms with Crippen molar-refractivity contribution in [1.82, 2.24) is 16.0 Å². The van der Waals surface area contributed by atoms with Gasteiger partial charge in [0.2, 0.25) is 0 Å². The molecule has 0 heterocycles. The Morgan fingerprint density at radius 1 is 1.10 bits per heavy atom. The number of nitrogens with zero attached hydrogens (tertiary/aromatic N) is 1. The first-order chi connectivity index (χ1) is 13.6. The van der Waals surface area contributed by atoms with E-state index in [0.717, 1.165) is 36.8 Å². The van der Waals surface area contributed by atoms with Crippen LogP contribution < -0.4 is 20.7 Å². The maximum absolute atomic E-state index is 11.6. The van der Waals surface area contributed by atoms with Crippen molar-refractivity contribution in [3.63, 3.8) is 0 Å². The molecule has 29 heavy (non-hydrogen) atoms. The summed E-state index contributed by atoms with van der Waals surface area (Å²) in [5.41, 5.74) is 4.09. The summed E-state index contributed by atoms with van der Waals surface area (Å²) in [5.74, 6) is 1.59. The molecule has 0 fully saturated rings. The second-order valence-electron chi connectivity index (χ2n) is 6.46. The van der Waals surface area contributed by atoms with Crippen molar-refractivity contribution >= 4 is 35.8 Å². The second-order valence-corrected chi connectivity index (χ2v) is 6.46. The van der Waals surface area contributed by atoms with Gasteiger partial charge in [0.25, 0.3) is 5.91 Å². The van der Waals surface area contributed by atoms with Crippen LogP contribution in [0.25, 0.3) is 0 Å². The van der Waals surface area contributed by atoms with E-state index in [9.17, 15) is 4.79 Å². The molecule has 0 aromatic heterocycles. The molecule has 158 valence electrons. The number of benzene rings is 2. The predicted molar refractivity (Wildman–Crippen MR) is 130 cm³/mol. The van der Waals surface area contributed by atoms with E-state index in [1.165, 1.54) is 11.1 Å². The molecule has 0 aliphatic carbocycles. The zero-order valence-electron chi connectivity index (χ0n) is 17.5. The Balaban J connectivity index is 0.00000420. The summed E-state index contributed by atoms with van der Waals surface area (Å²) < 4.78 is 5.44. The number of amides is 1. The number of aliphatic imine (C=N–C) groups is 1. The molecule has 2 rings (SSSR count). The van der Waals surface area contributed by atoms with E-state index >= 15 is 0 Å². The minimum absolute atomic E-state index is 0. The first kappa shape index (κ1) is 24.7. The molecule has 0 unspecified atom stereocenters. The molecule has 0 atom stereocenters. The molecular formula is C22H31IN4O2. The summed E-state index contributed by atoms with van der Waals surface area (Å²) >= 11 is 0. The molecule has 0 bridgehead atoms. The highest BCUT2D eigenvalue weighted by molar-refractivity contribution is 14.0. The molecule has 0 spiro atoms. The van der Waals surface area contributed by atoms with Gasteiger partial charge in [0.15, 0.2) is 5.96 Å². The van der Waals surface area contributed by atoms with Crippen LogP contribution in [-0.4, -0.2) is 39.1 Å². The fraction of sp³-hybridized carbons (Fsp3) is 0.364. The third kappa shape index (κ3) is 7.92. The van der Waals surface area contributed by atoms with E-state index in [4.69, 9.17) is 4.74 Å². The van der Waals surface area contributed by atoms with Crippen molar-refractivity contribution in [3.05, 3.63) is 64.7 Å². The van der Waals surface area contributed by atoms with Crippen LogP contribution in [0.3, 0.4) is 0 Å².